The fourth-order valence-corrected chi connectivity index (χ4v) is 11.2. The van der Waals surface area contributed by atoms with Gasteiger partial charge < -0.3 is 20.4 Å². The van der Waals surface area contributed by atoms with Gasteiger partial charge in [-0.25, -0.2) is 0 Å². The Hall–Kier alpha value is -3.92. The van der Waals surface area contributed by atoms with Crippen molar-refractivity contribution in [3.63, 3.8) is 0 Å². The van der Waals surface area contributed by atoms with E-state index in [-0.39, 0.29) is 11.8 Å². The van der Waals surface area contributed by atoms with E-state index < -0.39 is 0 Å². The molecule has 0 amide bonds. The average molecular weight is 727 g/mol. The molecule has 4 aromatic carbocycles. The molecule has 0 unspecified atom stereocenters. The number of hydrogen-bond donors (Lipinski definition) is 4. The third kappa shape index (κ3) is 7.91. The van der Waals surface area contributed by atoms with Crippen molar-refractivity contribution < 1.29 is 20.4 Å². The molecular formula is C50H62O4. The predicted octanol–water partition coefficient (Wildman–Crippen LogP) is 13.7. The van der Waals surface area contributed by atoms with E-state index in [9.17, 15) is 20.4 Å². The smallest absolute Gasteiger partial charge is 0.119 e. The summed E-state index contributed by atoms with van der Waals surface area (Å²) in [6, 6.07) is 25.5. The molecule has 4 N–H and O–H groups in total. The van der Waals surface area contributed by atoms with E-state index in [1.807, 2.05) is 24.3 Å². The molecule has 4 aliphatic rings. The topological polar surface area (TPSA) is 80.9 Å². The molecule has 4 nitrogen and oxygen atoms in total. The lowest BCUT2D eigenvalue weighted by Gasteiger charge is -2.33. The quantitative estimate of drug-likeness (QED) is 0.138. The fraction of sp³-hybridized carbons (Fsp3) is 0.520. The maximum atomic E-state index is 11.4. The molecule has 4 fully saturated rings. The fourth-order valence-electron chi connectivity index (χ4n) is 11.2. The van der Waals surface area contributed by atoms with E-state index in [1.165, 1.54) is 99.3 Å². The summed E-state index contributed by atoms with van der Waals surface area (Å²) >= 11 is 0. The van der Waals surface area contributed by atoms with Crippen molar-refractivity contribution in [3.8, 4) is 23.0 Å². The first-order chi connectivity index (χ1) is 26.4. The van der Waals surface area contributed by atoms with E-state index in [2.05, 4.69) is 48.5 Å². The number of aromatic hydroxyl groups is 4. The summed E-state index contributed by atoms with van der Waals surface area (Å²) in [7, 11) is 0. The van der Waals surface area contributed by atoms with Crippen LogP contribution in [0, 0.1) is 0 Å². The number of phenols is 4. The number of phenolic OH excluding ortho intramolecular Hbond substituents is 4. The average Bonchev–Trinajstić information content (AvgIpc) is 3.22. The third-order valence-corrected chi connectivity index (χ3v) is 14.2. The Morgan fingerprint density at radius 3 is 0.704 bits per heavy atom. The van der Waals surface area contributed by atoms with Gasteiger partial charge in [-0.1, -0.05) is 126 Å². The lowest BCUT2D eigenvalue weighted by molar-refractivity contribution is 0.411. The van der Waals surface area contributed by atoms with Crippen LogP contribution in [0.3, 0.4) is 0 Å². The Balaban J connectivity index is 1.34. The molecule has 0 aromatic heterocycles. The molecule has 4 heteroatoms. The largest absolute Gasteiger partial charge is 0.508 e. The molecule has 0 atom stereocenters. The SMILES string of the molecule is Oc1ccc(C(c2ccc(O)c(C3CCCCC3)c2)C(c2ccc(O)c(C3CCCCC3)c2)c2ccc(O)c(C3CCCCC3)c2)cc1C1CCCCC1. The second-order valence-electron chi connectivity index (χ2n) is 17.6. The van der Waals surface area contributed by atoms with E-state index in [0.717, 1.165) is 73.6 Å². The van der Waals surface area contributed by atoms with Gasteiger partial charge in [0.2, 0.25) is 0 Å². The van der Waals surface area contributed by atoms with Gasteiger partial charge in [0.05, 0.1) is 0 Å². The second kappa shape index (κ2) is 16.8. The van der Waals surface area contributed by atoms with Crippen molar-refractivity contribution in [2.24, 2.45) is 0 Å². The van der Waals surface area contributed by atoms with Gasteiger partial charge in [-0.2, -0.15) is 0 Å². The number of rotatable bonds is 9. The highest BCUT2D eigenvalue weighted by molar-refractivity contribution is 5.54. The first-order valence-corrected chi connectivity index (χ1v) is 21.8. The molecule has 0 heterocycles. The Labute approximate surface area is 323 Å². The highest BCUT2D eigenvalue weighted by Gasteiger charge is 2.34. The molecule has 4 aliphatic carbocycles. The molecule has 4 saturated carbocycles. The molecule has 0 aliphatic heterocycles. The summed E-state index contributed by atoms with van der Waals surface area (Å²) in [5.41, 5.74) is 8.90. The highest BCUT2D eigenvalue weighted by atomic mass is 16.3. The first kappa shape index (κ1) is 37.0. The van der Waals surface area contributed by atoms with Crippen LogP contribution in [0.5, 0.6) is 23.0 Å². The standard InChI is InChI=1S/C50H62O4/c51-45-25-21-37(29-41(45)33-13-5-1-6-14-33)49(38-22-26-46(52)42(30-38)34-15-7-2-8-16-34)50(39-23-27-47(53)43(31-39)35-17-9-3-10-18-35)40-24-28-48(54)44(32-40)36-19-11-4-12-20-36/h21-36,49-54H,1-20H2. The zero-order valence-corrected chi connectivity index (χ0v) is 32.3. The molecule has 286 valence electrons. The van der Waals surface area contributed by atoms with Crippen molar-refractivity contribution in [1.82, 2.24) is 0 Å². The molecule has 4 aromatic rings. The van der Waals surface area contributed by atoms with Gasteiger partial charge in [0.1, 0.15) is 23.0 Å². The second-order valence-corrected chi connectivity index (χ2v) is 17.6. The van der Waals surface area contributed by atoms with Crippen LogP contribution in [0.4, 0.5) is 0 Å². The summed E-state index contributed by atoms with van der Waals surface area (Å²) in [5.74, 6) is 2.66. The lowest BCUT2D eigenvalue weighted by Crippen LogP contribution is -2.18. The van der Waals surface area contributed by atoms with Crippen molar-refractivity contribution in [2.75, 3.05) is 0 Å². The Morgan fingerprint density at radius 1 is 0.296 bits per heavy atom. The lowest BCUT2D eigenvalue weighted by atomic mass is 9.70. The van der Waals surface area contributed by atoms with Gasteiger partial charge in [-0.15, -0.1) is 0 Å². The van der Waals surface area contributed by atoms with E-state index >= 15 is 0 Å². The van der Waals surface area contributed by atoms with Gasteiger partial charge >= 0.3 is 0 Å². The minimum Gasteiger partial charge on any atom is -0.508 e. The maximum Gasteiger partial charge on any atom is 0.119 e. The van der Waals surface area contributed by atoms with Gasteiger partial charge in [0, 0.05) is 11.8 Å². The third-order valence-electron chi connectivity index (χ3n) is 14.2. The van der Waals surface area contributed by atoms with Crippen LogP contribution in [-0.4, -0.2) is 20.4 Å². The Kier molecular flexibility index (Phi) is 11.5. The summed E-state index contributed by atoms with van der Waals surface area (Å²) in [5, 5.41) is 45.6. The molecule has 0 bridgehead atoms. The molecular weight excluding hydrogens is 665 g/mol. The monoisotopic (exact) mass is 726 g/mol. The van der Waals surface area contributed by atoms with Crippen LogP contribution in [0.2, 0.25) is 0 Å². The van der Waals surface area contributed by atoms with E-state index in [1.54, 1.807) is 0 Å². The summed E-state index contributed by atoms with van der Waals surface area (Å²) in [4.78, 5) is 0. The maximum absolute atomic E-state index is 11.4. The van der Waals surface area contributed by atoms with Crippen LogP contribution < -0.4 is 0 Å². The van der Waals surface area contributed by atoms with Gasteiger partial charge in [0.15, 0.2) is 0 Å². The van der Waals surface area contributed by atoms with Crippen molar-refractivity contribution in [3.05, 3.63) is 117 Å². The van der Waals surface area contributed by atoms with Gasteiger partial charge in [0.25, 0.3) is 0 Å². The molecule has 0 spiro atoms. The van der Waals surface area contributed by atoms with Crippen LogP contribution in [0.1, 0.15) is 208 Å². The molecule has 0 radical (unpaired) electrons. The van der Waals surface area contributed by atoms with Crippen LogP contribution >= 0.6 is 0 Å². The Bertz CT molecular complexity index is 1600. The minimum absolute atomic E-state index is 0.136. The zero-order chi connectivity index (χ0) is 37.0. The van der Waals surface area contributed by atoms with Crippen LogP contribution in [0.25, 0.3) is 0 Å². The zero-order valence-electron chi connectivity index (χ0n) is 32.3. The normalized spacial score (nSPS) is 19.8. The molecule has 8 rings (SSSR count). The summed E-state index contributed by atoms with van der Waals surface area (Å²) in [6.45, 7) is 0. The van der Waals surface area contributed by atoms with Crippen molar-refractivity contribution in [1.29, 1.82) is 0 Å². The molecule has 54 heavy (non-hydrogen) atoms. The van der Waals surface area contributed by atoms with Crippen LogP contribution in [-0.2, 0) is 0 Å². The first-order valence-electron chi connectivity index (χ1n) is 21.8. The number of hydrogen-bond acceptors (Lipinski definition) is 4. The minimum atomic E-state index is -0.136. The van der Waals surface area contributed by atoms with E-state index in [4.69, 9.17) is 0 Å². The van der Waals surface area contributed by atoms with Gasteiger partial charge in [-0.05, 0) is 144 Å². The highest BCUT2D eigenvalue weighted by Crippen LogP contribution is 2.50. The summed E-state index contributed by atoms with van der Waals surface area (Å²) < 4.78 is 0. The van der Waals surface area contributed by atoms with Gasteiger partial charge in [-0.3, -0.25) is 0 Å². The Morgan fingerprint density at radius 2 is 0.500 bits per heavy atom. The van der Waals surface area contributed by atoms with Crippen molar-refractivity contribution in [2.45, 2.75) is 164 Å². The van der Waals surface area contributed by atoms with E-state index in [0.29, 0.717) is 46.7 Å². The predicted molar refractivity (Wildman–Crippen MR) is 219 cm³/mol. The summed E-state index contributed by atoms with van der Waals surface area (Å²) in [6.07, 6.45) is 23.4. The van der Waals surface area contributed by atoms with Crippen LogP contribution in [0.15, 0.2) is 72.8 Å². The van der Waals surface area contributed by atoms with Crippen molar-refractivity contribution >= 4 is 0 Å². The number of benzene rings is 4. The molecule has 0 saturated heterocycles.